The van der Waals surface area contributed by atoms with Crippen LogP contribution in [0.3, 0.4) is 0 Å². The van der Waals surface area contributed by atoms with Gasteiger partial charge in [0.05, 0.1) is 11.8 Å². The molecule has 0 saturated carbocycles. The lowest BCUT2D eigenvalue weighted by Crippen LogP contribution is -2.28. The Bertz CT molecular complexity index is 337. The molecule has 0 aliphatic carbocycles. The molecule has 6 heteroatoms. The summed E-state index contributed by atoms with van der Waals surface area (Å²) in [5.74, 6) is 0.0986. The molecule has 0 spiro atoms. The molecule has 4 N–H and O–H groups in total. The van der Waals surface area contributed by atoms with E-state index in [2.05, 4.69) is 5.32 Å². The summed E-state index contributed by atoms with van der Waals surface area (Å²) in [6.07, 6.45) is 0. The molecular weight excluding hydrogens is 230 g/mol. The Morgan fingerprint density at radius 3 is 3.07 bits per heavy atom. The van der Waals surface area contributed by atoms with Gasteiger partial charge in [-0.25, -0.2) is 0 Å². The van der Waals surface area contributed by atoms with E-state index >= 15 is 0 Å². The highest BCUT2D eigenvalue weighted by atomic mass is 32.2. The van der Waals surface area contributed by atoms with Crippen molar-refractivity contribution >= 4 is 34.2 Å². The molecule has 0 aromatic carbocycles. The Morgan fingerprint density at radius 2 is 2.53 bits per heavy atom. The fraction of sp³-hybridized carbons (Fsp3) is 0.333. The van der Waals surface area contributed by atoms with Gasteiger partial charge in [-0.05, 0) is 18.4 Å². The molecule has 4 nitrogen and oxygen atoms in total. The van der Waals surface area contributed by atoms with Crippen LogP contribution < -0.4 is 11.1 Å². The molecule has 0 saturated heterocycles. The maximum Gasteiger partial charge on any atom is 0.230 e. The Hall–Kier alpha value is -1.01. The largest absolute Gasteiger partial charge is 0.379 e. The average molecular weight is 243 g/mol. The molecule has 1 rings (SSSR count). The fourth-order valence-corrected chi connectivity index (χ4v) is 2.14. The maximum absolute atomic E-state index is 11.4. The second-order valence-corrected chi connectivity index (χ2v) is 4.95. The zero-order valence-corrected chi connectivity index (χ0v) is 9.95. The molecule has 0 fully saturated rings. The molecule has 1 aromatic heterocycles. The average Bonchev–Trinajstić information content (AvgIpc) is 2.67. The fourth-order valence-electron chi connectivity index (χ4n) is 1.04. The zero-order valence-electron chi connectivity index (χ0n) is 8.32. The van der Waals surface area contributed by atoms with Crippen molar-refractivity contribution < 1.29 is 4.79 Å². The molecule has 82 valence electrons. The zero-order chi connectivity index (χ0) is 11.3. The van der Waals surface area contributed by atoms with Crippen molar-refractivity contribution in [2.24, 2.45) is 5.73 Å². The van der Waals surface area contributed by atoms with E-state index in [1.54, 1.807) is 11.3 Å². The smallest absolute Gasteiger partial charge is 0.230 e. The summed E-state index contributed by atoms with van der Waals surface area (Å²) in [6, 6.07) is 3.95. The lowest BCUT2D eigenvalue weighted by Gasteiger charge is -2.11. The third-order valence-corrected chi connectivity index (χ3v) is 3.48. The number of amides is 1. The number of nitrogens with one attached hydrogen (secondary N) is 2. The minimum Gasteiger partial charge on any atom is -0.379 e. The monoisotopic (exact) mass is 243 g/mol. The molecule has 0 aliphatic rings. The lowest BCUT2D eigenvalue weighted by molar-refractivity contribution is -0.119. The van der Waals surface area contributed by atoms with Crippen molar-refractivity contribution in [3.05, 3.63) is 22.4 Å². The van der Waals surface area contributed by atoms with Crippen LogP contribution in [0.4, 0.5) is 0 Å². The van der Waals surface area contributed by atoms with Crippen LogP contribution in [0.5, 0.6) is 0 Å². The van der Waals surface area contributed by atoms with Gasteiger partial charge >= 0.3 is 0 Å². The predicted octanol–water partition coefficient (Wildman–Crippen LogP) is 1.55. The number of rotatable bonds is 4. The van der Waals surface area contributed by atoms with Crippen LogP contribution in [-0.2, 0) is 4.79 Å². The molecular formula is C9H13N3OS2. The van der Waals surface area contributed by atoms with Crippen LogP contribution in [0.1, 0.15) is 17.8 Å². The second-order valence-electron chi connectivity index (χ2n) is 2.96. The van der Waals surface area contributed by atoms with Crippen LogP contribution in [0, 0.1) is 5.41 Å². The summed E-state index contributed by atoms with van der Waals surface area (Å²) >= 11 is 2.64. The highest BCUT2D eigenvalue weighted by molar-refractivity contribution is 8.14. The number of carbonyl (C=O) groups is 1. The van der Waals surface area contributed by atoms with Crippen molar-refractivity contribution in [2.75, 3.05) is 5.75 Å². The number of thiophene rings is 1. The first-order valence-corrected chi connectivity index (χ1v) is 6.25. The Labute approximate surface area is 96.8 Å². The third-order valence-electron chi connectivity index (χ3n) is 1.71. The third kappa shape index (κ3) is 4.35. The first-order chi connectivity index (χ1) is 7.09. The SMILES string of the molecule is CC(NC(=O)CSC(=N)N)c1cccs1. The summed E-state index contributed by atoms with van der Waals surface area (Å²) in [5.41, 5.74) is 5.13. The van der Waals surface area contributed by atoms with Gasteiger partial charge in [0.2, 0.25) is 5.91 Å². The number of carbonyl (C=O) groups excluding carboxylic acids is 1. The van der Waals surface area contributed by atoms with Crippen LogP contribution in [0.2, 0.25) is 0 Å². The first kappa shape index (κ1) is 12.1. The van der Waals surface area contributed by atoms with Gasteiger partial charge in [0.25, 0.3) is 0 Å². The molecule has 1 unspecified atom stereocenters. The van der Waals surface area contributed by atoms with Gasteiger partial charge in [0.15, 0.2) is 5.17 Å². The summed E-state index contributed by atoms with van der Waals surface area (Å²) in [7, 11) is 0. The van der Waals surface area contributed by atoms with Gasteiger partial charge in [-0.2, -0.15) is 0 Å². The minimum atomic E-state index is -0.101. The summed E-state index contributed by atoms with van der Waals surface area (Å²) < 4.78 is 0. The summed E-state index contributed by atoms with van der Waals surface area (Å²) in [4.78, 5) is 12.5. The lowest BCUT2D eigenvalue weighted by atomic mass is 10.3. The van der Waals surface area contributed by atoms with Crippen molar-refractivity contribution in [1.82, 2.24) is 5.32 Å². The van der Waals surface area contributed by atoms with Crippen LogP contribution in [0.15, 0.2) is 17.5 Å². The van der Waals surface area contributed by atoms with E-state index in [9.17, 15) is 4.79 Å². The number of nitrogens with two attached hydrogens (primary N) is 1. The summed E-state index contributed by atoms with van der Waals surface area (Å²) in [6.45, 7) is 1.93. The topological polar surface area (TPSA) is 79.0 Å². The number of hydrogen-bond donors (Lipinski definition) is 3. The van der Waals surface area contributed by atoms with Crippen molar-refractivity contribution in [1.29, 1.82) is 5.41 Å². The first-order valence-electron chi connectivity index (χ1n) is 4.39. The standard InChI is InChI=1S/C9H13N3OS2/c1-6(7-3-2-4-14-7)12-8(13)5-15-9(10)11/h2-4,6H,5H2,1H3,(H3,10,11)(H,12,13). The quantitative estimate of drug-likeness (QED) is 0.554. The molecule has 0 bridgehead atoms. The summed E-state index contributed by atoms with van der Waals surface area (Å²) in [5, 5.41) is 11.7. The molecule has 1 atom stereocenters. The number of hydrogen-bond acceptors (Lipinski definition) is 4. The Morgan fingerprint density at radius 1 is 1.80 bits per heavy atom. The van der Waals surface area contributed by atoms with Gasteiger partial charge in [-0.15, -0.1) is 11.3 Å². The highest BCUT2D eigenvalue weighted by Crippen LogP contribution is 2.18. The van der Waals surface area contributed by atoms with E-state index in [-0.39, 0.29) is 22.9 Å². The second kappa shape index (κ2) is 5.77. The van der Waals surface area contributed by atoms with E-state index in [0.717, 1.165) is 16.6 Å². The molecule has 1 aromatic rings. The number of thioether (sulfide) groups is 1. The molecule has 1 amide bonds. The van der Waals surface area contributed by atoms with E-state index < -0.39 is 0 Å². The molecule has 0 radical (unpaired) electrons. The van der Waals surface area contributed by atoms with Crippen molar-refractivity contribution in [2.45, 2.75) is 13.0 Å². The maximum atomic E-state index is 11.4. The van der Waals surface area contributed by atoms with Gasteiger partial charge in [-0.3, -0.25) is 10.2 Å². The van der Waals surface area contributed by atoms with E-state index in [4.69, 9.17) is 11.1 Å². The van der Waals surface area contributed by atoms with Gasteiger partial charge in [0.1, 0.15) is 0 Å². The van der Waals surface area contributed by atoms with Crippen molar-refractivity contribution in [3.8, 4) is 0 Å². The Balaban J connectivity index is 2.35. The van der Waals surface area contributed by atoms with E-state index in [0.29, 0.717) is 0 Å². The predicted molar refractivity (Wildman–Crippen MR) is 65.2 cm³/mol. The minimum absolute atomic E-state index is 0.0186. The molecule has 0 aliphatic heterocycles. The van der Waals surface area contributed by atoms with Crippen molar-refractivity contribution in [3.63, 3.8) is 0 Å². The van der Waals surface area contributed by atoms with Crippen LogP contribution >= 0.6 is 23.1 Å². The van der Waals surface area contributed by atoms with Gasteiger partial charge in [-0.1, -0.05) is 17.8 Å². The van der Waals surface area contributed by atoms with Gasteiger partial charge < -0.3 is 11.1 Å². The molecule has 1 heterocycles. The Kier molecular flexibility index (Phi) is 4.64. The van der Waals surface area contributed by atoms with E-state index in [1.165, 1.54) is 0 Å². The van der Waals surface area contributed by atoms with Crippen LogP contribution in [0.25, 0.3) is 0 Å². The van der Waals surface area contributed by atoms with Gasteiger partial charge in [0, 0.05) is 4.88 Å². The van der Waals surface area contributed by atoms with E-state index in [1.807, 2.05) is 24.4 Å². The highest BCUT2D eigenvalue weighted by Gasteiger charge is 2.10. The van der Waals surface area contributed by atoms with Crippen LogP contribution in [-0.4, -0.2) is 16.8 Å². The number of amidine groups is 1. The normalized spacial score (nSPS) is 12.1. The molecule has 15 heavy (non-hydrogen) atoms.